The fourth-order valence-electron chi connectivity index (χ4n) is 1.54. The van der Waals surface area contributed by atoms with Crippen LogP contribution in [0.15, 0.2) is 29.9 Å². The van der Waals surface area contributed by atoms with Crippen LogP contribution in [0.3, 0.4) is 0 Å². The first-order valence-corrected chi connectivity index (χ1v) is 7.49. The minimum Gasteiger partial charge on any atom is -0.334 e. The van der Waals surface area contributed by atoms with Crippen molar-refractivity contribution in [1.82, 2.24) is 19.3 Å². The molecular weight excluding hydrogens is 266 g/mol. The Balaban J connectivity index is 2.21. The first-order chi connectivity index (χ1) is 8.92. The van der Waals surface area contributed by atoms with E-state index >= 15 is 0 Å². The van der Waals surface area contributed by atoms with Crippen molar-refractivity contribution in [3.63, 3.8) is 0 Å². The van der Waals surface area contributed by atoms with Gasteiger partial charge in [0.05, 0.1) is 18.2 Å². The van der Waals surface area contributed by atoms with Crippen LogP contribution in [-0.4, -0.2) is 27.7 Å². The van der Waals surface area contributed by atoms with Gasteiger partial charge in [-0.2, -0.15) is 13.5 Å². The Morgan fingerprint density at radius 2 is 2.11 bits per heavy atom. The summed E-state index contributed by atoms with van der Waals surface area (Å²) in [5, 5.41) is 4.02. The van der Waals surface area contributed by atoms with E-state index in [0.717, 1.165) is 0 Å². The molecule has 0 aromatic carbocycles. The first kappa shape index (κ1) is 13.6. The fraction of sp³-hybridized carbons (Fsp3) is 0.455. The molecule has 2 heterocycles. The number of hydrogen-bond donors (Lipinski definition) is 1. The molecule has 0 unspecified atom stereocenters. The second kappa shape index (κ2) is 5.04. The molecule has 0 fully saturated rings. The average molecular weight is 283 g/mol. The molecule has 1 N–H and O–H groups in total. The quantitative estimate of drug-likeness (QED) is 0.901. The van der Waals surface area contributed by atoms with E-state index in [1.807, 2.05) is 20.8 Å². The third kappa shape index (κ3) is 2.95. The molecule has 2 rings (SSSR count). The van der Waals surface area contributed by atoms with Gasteiger partial charge in [0.2, 0.25) is 0 Å². The lowest BCUT2D eigenvalue weighted by molar-refractivity contribution is 0.591. The van der Waals surface area contributed by atoms with E-state index in [-0.39, 0.29) is 11.1 Å². The summed E-state index contributed by atoms with van der Waals surface area (Å²) in [6.07, 6.45) is 6.13. The SMILES string of the molecule is CCn1cc(NS(=O)(=O)c2cn(C(C)C)cn2)cn1. The highest BCUT2D eigenvalue weighted by Crippen LogP contribution is 2.15. The van der Waals surface area contributed by atoms with Crippen LogP contribution in [-0.2, 0) is 16.6 Å². The van der Waals surface area contributed by atoms with Crippen LogP contribution >= 0.6 is 0 Å². The average Bonchev–Trinajstić information content (AvgIpc) is 2.95. The van der Waals surface area contributed by atoms with Gasteiger partial charge < -0.3 is 4.57 Å². The Morgan fingerprint density at radius 1 is 1.37 bits per heavy atom. The van der Waals surface area contributed by atoms with E-state index < -0.39 is 10.0 Å². The number of imidazole rings is 1. The van der Waals surface area contributed by atoms with E-state index in [0.29, 0.717) is 12.2 Å². The highest BCUT2D eigenvalue weighted by molar-refractivity contribution is 7.92. The van der Waals surface area contributed by atoms with Crippen molar-refractivity contribution in [3.05, 3.63) is 24.9 Å². The van der Waals surface area contributed by atoms with Gasteiger partial charge in [-0.15, -0.1) is 0 Å². The molecule has 8 heteroatoms. The summed E-state index contributed by atoms with van der Waals surface area (Å²) in [6, 6.07) is 0.166. The third-order valence-electron chi connectivity index (χ3n) is 2.66. The van der Waals surface area contributed by atoms with Crippen LogP contribution < -0.4 is 4.72 Å². The van der Waals surface area contributed by atoms with E-state index in [9.17, 15) is 8.42 Å². The molecule has 0 aliphatic rings. The number of aryl methyl sites for hydroxylation is 1. The smallest absolute Gasteiger partial charge is 0.281 e. The van der Waals surface area contributed by atoms with Crippen molar-refractivity contribution >= 4 is 15.7 Å². The molecule has 2 aromatic rings. The Labute approximate surface area is 112 Å². The Hall–Kier alpha value is -1.83. The van der Waals surface area contributed by atoms with E-state index in [2.05, 4.69) is 14.8 Å². The number of nitrogens with one attached hydrogen (secondary N) is 1. The second-order valence-electron chi connectivity index (χ2n) is 4.44. The molecule has 0 aliphatic heterocycles. The van der Waals surface area contributed by atoms with Crippen molar-refractivity contribution < 1.29 is 8.42 Å². The fourth-order valence-corrected chi connectivity index (χ4v) is 2.50. The lowest BCUT2D eigenvalue weighted by Gasteiger charge is -2.04. The van der Waals surface area contributed by atoms with Gasteiger partial charge in [0.15, 0.2) is 5.03 Å². The van der Waals surface area contributed by atoms with Gasteiger partial charge in [-0.1, -0.05) is 0 Å². The topological polar surface area (TPSA) is 81.8 Å². The van der Waals surface area contributed by atoms with Crippen molar-refractivity contribution in [2.24, 2.45) is 0 Å². The van der Waals surface area contributed by atoms with Crippen LogP contribution in [0.5, 0.6) is 0 Å². The number of rotatable bonds is 5. The maximum Gasteiger partial charge on any atom is 0.281 e. The second-order valence-corrected chi connectivity index (χ2v) is 6.07. The predicted molar refractivity (Wildman–Crippen MR) is 71.3 cm³/mol. The molecule has 7 nitrogen and oxygen atoms in total. The normalized spacial score (nSPS) is 12.0. The van der Waals surface area contributed by atoms with Gasteiger partial charge in [-0.25, -0.2) is 4.98 Å². The van der Waals surface area contributed by atoms with Crippen LogP contribution in [0.1, 0.15) is 26.8 Å². The molecule has 104 valence electrons. The van der Waals surface area contributed by atoms with Crippen LogP contribution in [0.2, 0.25) is 0 Å². The van der Waals surface area contributed by atoms with Gasteiger partial charge in [-0.05, 0) is 20.8 Å². The van der Waals surface area contributed by atoms with E-state index in [1.165, 1.54) is 18.7 Å². The molecular formula is C11H17N5O2S. The Kier molecular flexibility index (Phi) is 3.61. The highest BCUT2D eigenvalue weighted by Gasteiger charge is 2.18. The summed E-state index contributed by atoms with van der Waals surface area (Å²) < 4.78 is 30.1. The molecule has 0 spiro atoms. The Bertz CT molecular complexity index is 656. The van der Waals surface area contributed by atoms with Gasteiger partial charge in [0.25, 0.3) is 10.0 Å². The molecule has 0 saturated carbocycles. The van der Waals surface area contributed by atoms with Crippen molar-refractivity contribution in [2.75, 3.05) is 4.72 Å². The molecule has 19 heavy (non-hydrogen) atoms. The van der Waals surface area contributed by atoms with Gasteiger partial charge in [0.1, 0.15) is 0 Å². The maximum atomic E-state index is 12.1. The number of aromatic nitrogens is 4. The third-order valence-corrected chi connectivity index (χ3v) is 3.92. The van der Waals surface area contributed by atoms with Crippen molar-refractivity contribution in [1.29, 1.82) is 0 Å². The first-order valence-electron chi connectivity index (χ1n) is 6.01. The van der Waals surface area contributed by atoms with E-state index in [4.69, 9.17) is 0 Å². The molecule has 0 bridgehead atoms. The minimum absolute atomic E-state index is 0.00504. The summed E-state index contributed by atoms with van der Waals surface area (Å²) in [5.74, 6) is 0. The van der Waals surface area contributed by atoms with Gasteiger partial charge in [0, 0.05) is 25.0 Å². The molecule has 0 atom stereocenters. The Morgan fingerprint density at radius 3 is 2.63 bits per heavy atom. The van der Waals surface area contributed by atoms with E-state index in [1.54, 1.807) is 15.4 Å². The summed E-state index contributed by atoms with van der Waals surface area (Å²) in [5.41, 5.74) is 0.431. The summed E-state index contributed by atoms with van der Waals surface area (Å²) in [6.45, 7) is 6.52. The minimum atomic E-state index is -3.66. The highest BCUT2D eigenvalue weighted by atomic mass is 32.2. The zero-order valence-corrected chi connectivity index (χ0v) is 11.9. The van der Waals surface area contributed by atoms with Crippen LogP contribution in [0.4, 0.5) is 5.69 Å². The lowest BCUT2D eigenvalue weighted by Crippen LogP contribution is -2.13. The number of nitrogens with zero attached hydrogens (tertiary/aromatic N) is 4. The zero-order valence-electron chi connectivity index (χ0n) is 11.1. The van der Waals surface area contributed by atoms with Crippen molar-refractivity contribution in [3.8, 4) is 0 Å². The maximum absolute atomic E-state index is 12.1. The molecule has 0 radical (unpaired) electrons. The lowest BCUT2D eigenvalue weighted by atomic mass is 10.4. The zero-order chi connectivity index (χ0) is 14.0. The molecule has 0 aliphatic carbocycles. The monoisotopic (exact) mass is 283 g/mol. The van der Waals surface area contributed by atoms with Crippen molar-refractivity contribution in [2.45, 2.75) is 38.4 Å². The summed E-state index contributed by atoms with van der Waals surface area (Å²) in [7, 11) is -3.66. The number of sulfonamides is 1. The van der Waals surface area contributed by atoms with Crippen LogP contribution in [0.25, 0.3) is 0 Å². The summed E-state index contributed by atoms with van der Waals surface area (Å²) >= 11 is 0. The standard InChI is InChI=1S/C11H17N5O2S/c1-4-16-6-10(5-13-16)14-19(17,18)11-7-15(8-12-11)9(2)3/h5-9,14H,4H2,1-3H3. The number of hydrogen-bond acceptors (Lipinski definition) is 4. The van der Waals surface area contributed by atoms with Crippen LogP contribution in [0, 0.1) is 0 Å². The van der Waals surface area contributed by atoms with Gasteiger partial charge >= 0.3 is 0 Å². The van der Waals surface area contributed by atoms with Gasteiger partial charge in [-0.3, -0.25) is 9.40 Å². The largest absolute Gasteiger partial charge is 0.334 e. The molecule has 2 aromatic heterocycles. The predicted octanol–water partition coefficient (Wildman–Crippen LogP) is 1.48. The molecule has 0 saturated heterocycles. The number of anilines is 1. The molecule has 0 amide bonds. The summed E-state index contributed by atoms with van der Waals surface area (Å²) in [4.78, 5) is 3.92.